The van der Waals surface area contributed by atoms with Gasteiger partial charge in [0.05, 0.1) is 17.9 Å². The van der Waals surface area contributed by atoms with Crippen LogP contribution in [0, 0.1) is 5.41 Å². The van der Waals surface area contributed by atoms with Crippen molar-refractivity contribution in [1.82, 2.24) is 5.32 Å². The maximum absolute atomic E-state index is 11.7. The van der Waals surface area contributed by atoms with Crippen molar-refractivity contribution in [1.29, 1.82) is 0 Å². The maximum Gasteiger partial charge on any atom is 0.311 e. The van der Waals surface area contributed by atoms with Gasteiger partial charge in [0.2, 0.25) is 5.91 Å². The molecule has 0 spiro atoms. The van der Waals surface area contributed by atoms with E-state index in [4.69, 9.17) is 9.84 Å². The lowest BCUT2D eigenvalue weighted by Crippen LogP contribution is -2.48. The molecule has 18 heavy (non-hydrogen) atoms. The second-order valence-electron chi connectivity index (χ2n) is 5.41. The lowest BCUT2D eigenvalue weighted by Gasteiger charge is -2.37. The van der Waals surface area contributed by atoms with Crippen LogP contribution in [-0.4, -0.2) is 36.2 Å². The first-order valence-corrected chi connectivity index (χ1v) is 6.74. The third-order valence-corrected chi connectivity index (χ3v) is 4.08. The second kappa shape index (κ2) is 5.69. The second-order valence-corrected chi connectivity index (χ2v) is 5.41. The van der Waals surface area contributed by atoms with Crippen LogP contribution in [0.5, 0.6) is 0 Å². The topological polar surface area (TPSA) is 75.6 Å². The fourth-order valence-corrected chi connectivity index (χ4v) is 2.58. The predicted octanol–water partition coefficient (Wildman–Crippen LogP) is 1.32. The van der Waals surface area contributed by atoms with Gasteiger partial charge in [-0.05, 0) is 32.1 Å². The van der Waals surface area contributed by atoms with Gasteiger partial charge < -0.3 is 15.2 Å². The van der Waals surface area contributed by atoms with E-state index in [0.29, 0.717) is 19.3 Å². The predicted molar refractivity (Wildman–Crippen MR) is 65.1 cm³/mol. The Bertz CT molecular complexity index is 319. The van der Waals surface area contributed by atoms with Gasteiger partial charge in [-0.1, -0.05) is 6.42 Å². The van der Waals surface area contributed by atoms with Gasteiger partial charge in [0.1, 0.15) is 0 Å². The number of carboxylic acids is 1. The minimum absolute atomic E-state index is 0.0147. The lowest BCUT2D eigenvalue weighted by molar-refractivity contribution is -0.154. The normalized spacial score (nSPS) is 26.1. The Morgan fingerprint density at radius 3 is 2.56 bits per heavy atom. The monoisotopic (exact) mass is 255 g/mol. The Morgan fingerprint density at radius 1 is 1.28 bits per heavy atom. The molecule has 5 heteroatoms. The molecule has 1 atom stereocenters. The molecule has 0 aromatic rings. The van der Waals surface area contributed by atoms with Crippen molar-refractivity contribution < 1.29 is 19.4 Å². The van der Waals surface area contributed by atoms with E-state index >= 15 is 0 Å². The zero-order valence-electron chi connectivity index (χ0n) is 10.6. The molecule has 1 aliphatic heterocycles. The largest absolute Gasteiger partial charge is 0.481 e. The molecule has 1 saturated heterocycles. The van der Waals surface area contributed by atoms with Crippen molar-refractivity contribution in [3.63, 3.8) is 0 Å². The first-order valence-electron chi connectivity index (χ1n) is 6.74. The average Bonchev–Trinajstić information content (AvgIpc) is 2.28. The number of rotatable bonds is 5. The number of aliphatic carboxylic acids is 1. The van der Waals surface area contributed by atoms with Gasteiger partial charge in [0.25, 0.3) is 0 Å². The van der Waals surface area contributed by atoms with Gasteiger partial charge in [-0.25, -0.2) is 0 Å². The zero-order valence-corrected chi connectivity index (χ0v) is 10.6. The van der Waals surface area contributed by atoms with Crippen molar-refractivity contribution in [3.8, 4) is 0 Å². The summed E-state index contributed by atoms with van der Waals surface area (Å²) in [5.74, 6) is -0.877. The van der Waals surface area contributed by atoms with Crippen LogP contribution in [0.4, 0.5) is 0 Å². The Kier molecular flexibility index (Phi) is 4.22. The number of amides is 1. The molecule has 1 unspecified atom stereocenters. The number of carbonyl (C=O) groups excluding carboxylic acids is 1. The summed E-state index contributed by atoms with van der Waals surface area (Å²) < 4.78 is 5.49. The Morgan fingerprint density at radius 2 is 2.06 bits per heavy atom. The first-order chi connectivity index (χ1) is 8.62. The smallest absolute Gasteiger partial charge is 0.311 e. The summed E-state index contributed by atoms with van der Waals surface area (Å²) in [6.45, 7) is 0.991. The number of ether oxygens (including phenoxy) is 1. The molecule has 1 amide bonds. The number of carbonyl (C=O) groups is 2. The van der Waals surface area contributed by atoms with Crippen LogP contribution in [0.3, 0.4) is 0 Å². The van der Waals surface area contributed by atoms with E-state index in [1.807, 2.05) is 0 Å². The molecule has 1 aliphatic carbocycles. The molecule has 2 N–H and O–H groups in total. The van der Waals surface area contributed by atoms with E-state index in [0.717, 1.165) is 32.3 Å². The molecule has 0 bridgehead atoms. The van der Waals surface area contributed by atoms with Crippen LogP contribution in [0.1, 0.15) is 44.9 Å². The van der Waals surface area contributed by atoms with Crippen LogP contribution in [0.2, 0.25) is 0 Å². The standard InChI is InChI=1S/C13H21NO4/c15-11(8-10-4-1-2-7-18-10)14-9-13(12(16)17)5-3-6-13/h10H,1-9H2,(H,14,15)(H,16,17). The Labute approximate surface area is 107 Å². The Balaban J connectivity index is 1.72. The lowest BCUT2D eigenvalue weighted by atomic mass is 9.69. The van der Waals surface area contributed by atoms with Crippen molar-refractivity contribution in [2.45, 2.75) is 51.0 Å². The van der Waals surface area contributed by atoms with Crippen LogP contribution in [0.25, 0.3) is 0 Å². The fourth-order valence-electron chi connectivity index (χ4n) is 2.58. The average molecular weight is 255 g/mol. The quantitative estimate of drug-likeness (QED) is 0.776. The van der Waals surface area contributed by atoms with E-state index in [1.54, 1.807) is 0 Å². The van der Waals surface area contributed by atoms with Gasteiger partial charge in [0, 0.05) is 13.2 Å². The highest BCUT2D eigenvalue weighted by Gasteiger charge is 2.44. The van der Waals surface area contributed by atoms with Crippen LogP contribution in [0.15, 0.2) is 0 Å². The third-order valence-electron chi connectivity index (χ3n) is 4.08. The highest BCUT2D eigenvalue weighted by atomic mass is 16.5. The summed E-state index contributed by atoms with van der Waals surface area (Å²) in [5.41, 5.74) is -0.705. The van der Waals surface area contributed by atoms with Gasteiger partial charge in [-0.2, -0.15) is 0 Å². The molecule has 1 saturated carbocycles. The maximum atomic E-state index is 11.7. The van der Waals surface area contributed by atoms with Crippen molar-refractivity contribution >= 4 is 11.9 Å². The van der Waals surface area contributed by atoms with Crippen molar-refractivity contribution in [2.75, 3.05) is 13.2 Å². The molecular weight excluding hydrogens is 234 g/mol. The van der Waals surface area contributed by atoms with Gasteiger partial charge in [0.15, 0.2) is 0 Å². The SMILES string of the molecule is O=C(CC1CCCCO1)NCC1(C(=O)O)CCC1. The van der Waals surface area contributed by atoms with Crippen molar-refractivity contribution in [2.24, 2.45) is 5.41 Å². The van der Waals surface area contributed by atoms with E-state index in [2.05, 4.69) is 5.32 Å². The van der Waals surface area contributed by atoms with Gasteiger partial charge in [-0.3, -0.25) is 9.59 Å². The van der Waals surface area contributed by atoms with Crippen LogP contribution in [-0.2, 0) is 14.3 Å². The van der Waals surface area contributed by atoms with Gasteiger partial charge in [-0.15, -0.1) is 0 Å². The number of nitrogens with one attached hydrogen (secondary N) is 1. The van der Waals surface area contributed by atoms with Crippen LogP contribution >= 0.6 is 0 Å². The van der Waals surface area contributed by atoms with E-state index in [9.17, 15) is 9.59 Å². The number of hydrogen-bond donors (Lipinski definition) is 2. The van der Waals surface area contributed by atoms with Gasteiger partial charge >= 0.3 is 5.97 Å². The molecule has 5 nitrogen and oxygen atoms in total. The summed E-state index contributed by atoms with van der Waals surface area (Å²) >= 11 is 0. The third kappa shape index (κ3) is 3.02. The van der Waals surface area contributed by atoms with Crippen molar-refractivity contribution in [3.05, 3.63) is 0 Å². The minimum atomic E-state index is -0.789. The molecule has 2 fully saturated rings. The first kappa shape index (κ1) is 13.3. The van der Waals surface area contributed by atoms with E-state index in [1.165, 1.54) is 0 Å². The molecule has 102 valence electrons. The number of hydrogen-bond acceptors (Lipinski definition) is 3. The molecule has 0 radical (unpaired) electrons. The summed E-state index contributed by atoms with van der Waals surface area (Å²) in [6.07, 6.45) is 5.75. The molecule has 1 heterocycles. The molecule has 0 aromatic carbocycles. The van der Waals surface area contributed by atoms with E-state index in [-0.39, 0.29) is 18.6 Å². The highest BCUT2D eigenvalue weighted by molar-refractivity contribution is 5.79. The zero-order chi connectivity index (χ0) is 13.0. The summed E-state index contributed by atoms with van der Waals surface area (Å²) in [7, 11) is 0. The van der Waals surface area contributed by atoms with E-state index < -0.39 is 11.4 Å². The molecule has 0 aromatic heterocycles. The molecule has 2 rings (SSSR count). The highest BCUT2D eigenvalue weighted by Crippen LogP contribution is 2.40. The minimum Gasteiger partial charge on any atom is -0.481 e. The summed E-state index contributed by atoms with van der Waals surface area (Å²) in [6, 6.07) is 0. The number of carboxylic acid groups (broad SMARTS) is 1. The summed E-state index contributed by atoms with van der Waals surface area (Å²) in [5, 5.41) is 11.9. The molecule has 2 aliphatic rings. The Hall–Kier alpha value is -1.10. The summed E-state index contributed by atoms with van der Waals surface area (Å²) in [4.78, 5) is 22.9. The van der Waals surface area contributed by atoms with Crippen LogP contribution < -0.4 is 5.32 Å². The molecular formula is C13H21NO4. The fraction of sp³-hybridized carbons (Fsp3) is 0.846.